The van der Waals surface area contributed by atoms with Crippen molar-refractivity contribution in [2.75, 3.05) is 13.2 Å². The Balaban J connectivity index is 2.66. The van der Waals surface area contributed by atoms with E-state index in [0.717, 1.165) is 11.1 Å². The second-order valence-electron chi connectivity index (χ2n) is 4.68. The maximum atomic E-state index is 11.9. The van der Waals surface area contributed by atoms with Crippen molar-refractivity contribution < 1.29 is 19.4 Å². The molecule has 0 amide bonds. The van der Waals surface area contributed by atoms with E-state index < -0.39 is 0 Å². The molecule has 0 saturated carbocycles. The lowest BCUT2D eigenvalue weighted by atomic mass is 9.99. The zero-order valence-corrected chi connectivity index (χ0v) is 12.4. The summed E-state index contributed by atoms with van der Waals surface area (Å²) in [7, 11) is 0. The predicted octanol–water partition coefficient (Wildman–Crippen LogP) is 2.54. The first kappa shape index (κ1) is 17.1. The number of Topliss-reactive ketones (excluding diaryl/α,β-unsaturated/α-hetero) is 1. The number of aliphatic hydroxyl groups excluding tert-OH is 1. The number of carbonyl (C=O) groups is 2. The van der Waals surface area contributed by atoms with Crippen molar-refractivity contribution in [3.8, 4) is 0 Å². The number of ketones is 1. The lowest BCUT2D eigenvalue weighted by Crippen LogP contribution is -2.04. The van der Waals surface area contributed by atoms with Gasteiger partial charge in [-0.05, 0) is 37.0 Å². The molecule has 0 saturated heterocycles. The second-order valence-corrected chi connectivity index (χ2v) is 4.68. The summed E-state index contributed by atoms with van der Waals surface area (Å²) in [5.74, 6) is -0.248. The first-order chi connectivity index (χ1) is 10.2. The summed E-state index contributed by atoms with van der Waals surface area (Å²) in [6.45, 7) is 2.21. The van der Waals surface area contributed by atoms with Gasteiger partial charge < -0.3 is 9.84 Å². The van der Waals surface area contributed by atoms with Crippen molar-refractivity contribution in [1.82, 2.24) is 0 Å². The molecule has 0 bridgehead atoms. The lowest BCUT2D eigenvalue weighted by molar-refractivity contribution is -0.137. The van der Waals surface area contributed by atoms with Crippen LogP contribution in [0, 0.1) is 0 Å². The highest BCUT2D eigenvalue weighted by molar-refractivity contribution is 5.88. The summed E-state index contributed by atoms with van der Waals surface area (Å²) < 4.78 is 4.83. The molecule has 0 aromatic heterocycles. The molecule has 1 aromatic rings. The molecule has 21 heavy (non-hydrogen) atoms. The van der Waals surface area contributed by atoms with Crippen molar-refractivity contribution in [3.05, 3.63) is 41.5 Å². The van der Waals surface area contributed by atoms with Crippen LogP contribution in [-0.2, 0) is 20.7 Å². The van der Waals surface area contributed by atoms with Gasteiger partial charge in [-0.2, -0.15) is 0 Å². The average Bonchev–Trinajstić information content (AvgIpc) is 2.47. The van der Waals surface area contributed by atoms with Crippen LogP contribution in [0.25, 0.3) is 6.08 Å². The largest absolute Gasteiger partial charge is 0.463 e. The fourth-order valence-corrected chi connectivity index (χ4v) is 1.94. The van der Waals surface area contributed by atoms with Crippen molar-refractivity contribution in [3.63, 3.8) is 0 Å². The van der Waals surface area contributed by atoms with E-state index in [0.29, 0.717) is 32.3 Å². The van der Waals surface area contributed by atoms with Gasteiger partial charge in [0.05, 0.1) is 6.61 Å². The molecule has 1 rings (SSSR count). The van der Waals surface area contributed by atoms with Crippen LogP contribution in [0.15, 0.2) is 30.3 Å². The van der Waals surface area contributed by atoms with Crippen molar-refractivity contribution >= 4 is 17.8 Å². The first-order valence-corrected chi connectivity index (χ1v) is 7.22. The molecular weight excluding hydrogens is 268 g/mol. The van der Waals surface area contributed by atoms with Gasteiger partial charge in [0.2, 0.25) is 0 Å². The van der Waals surface area contributed by atoms with Crippen LogP contribution in [0.3, 0.4) is 0 Å². The van der Waals surface area contributed by atoms with Gasteiger partial charge in [0.15, 0.2) is 0 Å². The molecule has 0 aliphatic rings. The standard InChI is InChI=1S/C17H22O4/c1-2-21-17(20)11-10-14-7-3-4-8-15(14)13-16(19)9-5-6-12-18/h3-4,7-8,10-11,18H,2,5-6,9,12-13H2,1H3/b11-10+. The molecule has 1 aromatic carbocycles. The molecule has 0 fully saturated rings. The smallest absolute Gasteiger partial charge is 0.330 e. The molecule has 4 heteroatoms. The Morgan fingerprint density at radius 3 is 2.71 bits per heavy atom. The van der Waals surface area contributed by atoms with Crippen LogP contribution in [0.5, 0.6) is 0 Å². The minimum Gasteiger partial charge on any atom is -0.463 e. The van der Waals surface area contributed by atoms with E-state index in [1.54, 1.807) is 13.0 Å². The number of ether oxygens (including phenoxy) is 1. The van der Waals surface area contributed by atoms with Gasteiger partial charge in [-0.3, -0.25) is 4.79 Å². The normalized spacial score (nSPS) is 10.8. The monoisotopic (exact) mass is 290 g/mol. The SMILES string of the molecule is CCOC(=O)/C=C/c1ccccc1CC(=O)CCCCO. The van der Waals surface area contributed by atoms with Gasteiger partial charge in [0.1, 0.15) is 5.78 Å². The molecule has 0 aliphatic carbocycles. The van der Waals surface area contributed by atoms with Gasteiger partial charge in [0.25, 0.3) is 0 Å². The molecule has 0 atom stereocenters. The van der Waals surface area contributed by atoms with Crippen LogP contribution >= 0.6 is 0 Å². The Kier molecular flexibility index (Phi) is 8.05. The van der Waals surface area contributed by atoms with Crippen LogP contribution in [0.4, 0.5) is 0 Å². The lowest BCUT2D eigenvalue weighted by Gasteiger charge is -2.05. The van der Waals surface area contributed by atoms with Crippen molar-refractivity contribution in [1.29, 1.82) is 0 Å². The molecule has 0 aliphatic heterocycles. The third-order valence-electron chi connectivity index (χ3n) is 2.99. The number of unbranched alkanes of at least 4 members (excludes halogenated alkanes) is 1. The number of aliphatic hydroxyl groups is 1. The maximum absolute atomic E-state index is 11.9. The van der Waals surface area contributed by atoms with Crippen molar-refractivity contribution in [2.45, 2.75) is 32.6 Å². The Morgan fingerprint density at radius 2 is 2.00 bits per heavy atom. The number of carbonyl (C=O) groups excluding carboxylic acids is 2. The summed E-state index contributed by atoms with van der Waals surface area (Å²) >= 11 is 0. The number of hydrogen-bond donors (Lipinski definition) is 1. The van der Waals surface area contributed by atoms with E-state index in [1.165, 1.54) is 6.08 Å². The highest BCUT2D eigenvalue weighted by atomic mass is 16.5. The third-order valence-corrected chi connectivity index (χ3v) is 2.99. The highest BCUT2D eigenvalue weighted by Crippen LogP contribution is 2.13. The van der Waals surface area contributed by atoms with Gasteiger partial charge >= 0.3 is 5.97 Å². The Bertz CT molecular complexity index is 491. The maximum Gasteiger partial charge on any atom is 0.330 e. The highest BCUT2D eigenvalue weighted by Gasteiger charge is 2.06. The molecule has 0 heterocycles. The molecule has 0 radical (unpaired) electrons. The minimum absolute atomic E-state index is 0.117. The van der Waals surface area contributed by atoms with E-state index in [1.807, 2.05) is 24.3 Å². The van der Waals surface area contributed by atoms with Gasteiger partial charge in [0, 0.05) is 25.5 Å². The molecule has 114 valence electrons. The predicted molar refractivity (Wildman–Crippen MR) is 81.8 cm³/mol. The summed E-state index contributed by atoms with van der Waals surface area (Å²) in [5, 5.41) is 8.71. The zero-order valence-electron chi connectivity index (χ0n) is 12.4. The summed E-state index contributed by atoms with van der Waals surface area (Å²) in [6, 6.07) is 7.49. The topological polar surface area (TPSA) is 63.6 Å². The third kappa shape index (κ3) is 6.86. The number of hydrogen-bond acceptors (Lipinski definition) is 4. The summed E-state index contributed by atoms with van der Waals surface area (Å²) in [5.41, 5.74) is 1.74. The van der Waals surface area contributed by atoms with E-state index in [2.05, 4.69) is 0 Å². The molecular formula is C17H22O4. The number of benzene rings is 1. The average molecular weight is 290 g/mol. The minimum atomic E-state index is -0.387. The van der Waals surface area contributed by atoms with E-state index in [-0.39, 0.29) is 18.4 Å². The van der Waals surface area contributed by atoms with Crippen LogP contribution < -0.4 is 0 Å². The van der Waals surface area contributed by atoms with E-state index in [9.17, 15) is 9.59 Å². The Hall–Kier alpha value is -1.94. The molecule has 4 nitrogen and oxygen atoms in total. The van der Waals surface area contributed by atoms with Crippen LogP contribution in [0.2, 0.25) is 0 Å². The summed E-state index contributed by atoms with van der Waals surface area (Å²) in [6.07, 6.45) is 5.21. The quantitative estimate of drug-likeness (QED) is 0.431. The van der Waals surface area contributed by atoms with Crippen molar-refractivity contribution in [2.24, 2.45) is 0 Å². The van der Waals surface area contributed by atoms with Gasteiger partial charge in [-0.15, -0.1) is 0 Å². The molecule has 0 unspecified atom stereocenters. The Morgan fingerprint density at radius 1 is 1.24 bits per heavy atom. The van der Waals surface area contributed by atoms with Crippen LogP contribution in [0.1, 0.15) is 37.3 Å². The van der Waals surface area contributed by atoms with E-state index >= 15 is 0 Å². The zero-order chi connectivity index (χ0) is 15.5. The van der Waals surface area contributed by atoms with Gasteiger partial charge in [-0.1, -0.05) is 24.3 Å². The first-order valence-electron chi connectivity index (χ1n) is 7.22. The number of esters is 1. The fraction of sp³-hybridized carbons (Fsp3) is 0.412. The summed E-state index contributed by atoms with van der Waals surface area (Å²) in [4.78, 5) is 23.2. The molecule has 1 N–H and O–H groups in total. The van der Waals surface area contributed by atoms with E-state index in [4.69, 9.17) is 9.84 Å². The van der Waals surface area contributed by atoms with Crippen LogP contribution in [-0.4, -0.2) is 30.1 Å². The number of rotatable bonds is 9. The molecule has 0 spiro atoms. The second kappa shape index (κ2) is 9.88. The van der Waals surface area contributed by atoms with Gasteiger partial charge in [-0.25, -0.2) is 4.79 Å². The Labute approximate surface area is 125 Å². The fourth-order valence-electron chi connectivity index (χ4n) is 1.94.